The lowest BCUT2D eigenvalue weighted by molar-refractivity contribution is 0.407. The summed E-state index contributed by atoms with van der Waals surface area (Å²) in [7, 11) is 0. The van der Waals surface area contributed by atoms with Crippen LogP contribution in [-0.4, -0.2) is 15.6 Å². The standard InChI is InChI=1S/CH2N4O.ClH/c2-1-3-4-5-6-1;/h(H2,2,3,5);1H. The zero-order chi connectivity index (χ0) is 4.41. The first kappa shape index (κ1) is 6.16. The molecule has 0 aromatic carbocycles. The molecule has 0 unspecified atom stereocenters. The van der Waals surface area contributed by atoms with Gasteiger partial charge in [-0.25, -0.2) is 0 Å². The van der Waals surface area contributed by atoms with E-state index in [4.69, 9.17) is 5.73 Å². The molecule has 1 heterocycles. The lowest BCUT2D eigenvalue weighted by Gasteiger charge is -1.61. The summed E-state index contributed by atoms with van der Waals surface area (Å²) in [6, 6.07) is -0.00463. The Balaban J connectivity index is 0.000000360. The van der Waals surface area contributed by atoms with Crippen molar-refractivity contribution < 1.29 is 4.52 Å². The number of anilines is 1. The van der Waals surface area contributed by atoms with Crippen molar-refractivity contribution in [1.82, 2.24) is 15.6 Å². The van der Waals surface area contributed by atoms with E-state index >= 15 is 0 Å². The smallest absolute Gasteiger partial charge is 0.339 e. The van der Waals surface area contributed by atoms with Crippen molar-refractivity contribution in [2.24, 2.45) is 0 Å². The molecule has 40 valence electrons. The molecule has 0 saturated heterocycles. The molecule has 0 spiro atoms. The molecule has 0 fully saturated rings. The average Bonchev–Trinajstić information content (AvgIpc) is 1.86. The van der Waals surface area contributed by atoms with Gasteiger partial charge in [-0.2, -0.15) is 0 Å². The first-order valence-corrected chi connectivity index (χ1v) is 1.30. The van der Waals surface area contributed by atoms with E-state index < -0.39 is 0 Å². The maximum atomic E-state index is 4.88. The average molecular weight is 123 g/mol. The number of halogens is 1. The van der Waals surface area contributed by atoms with Crippen molar-refractivity contribution in [1.29, 1.82) is 0 Å². The first-order valence-electron chi connectivity index (χ1n) is 1.30. The highest BCUT2D eigenvalue weighted by Crippen LogP contribution is 1.81. The molecule has 0 atom stereocenters. The van der Waals surface area contributed by atoms with Crippen molar-refractivity contribution in [2.75, 3.05) is 5.73 Å². The molecular formula is CH3ClN4O. The molecule has 1 aromatic heterocycles. The van der Waals surface area contributed by atoms with Crippen LogP contribution < -0.4 is 5.73 Å². The summed E-state index contributed by atoms with van der Waals surface area (Å²) in [6.07, 6.45) is 0. The number of nitrogens with two attached hydrogens (primary N) is 1. The van der Waals surface area contributed by atoms with Crippen molar-refractivity contribution in [3.05, 3.63) is 0 Å². The lowest BCUT2D eigenvalue weighted by Crippen LogP contribution is -1.81. The molecule has 0 aliphatic carbocycles. The molecule has 2 N–H and O–H groups in total. The Morgan fingerprint density at radius 3 is 2.43 bits per heavy atom. The van der Waals surface area contributed by atoms with Crippen molar-refractivity contribution in [2.45, 2.75) is 0 Å². The first-order chi connectivity index (χ1) is 2.89. The van der Waals surface area contributed by atoms with Gasteiger partial charge in [0.25, 0.3) is 0 Å². The molecule has 6 heteroatoms. The fourth-order valence-electron chi connectivity index (χ4n) is 0.141. The van der Waals surface area contributed by atoms with Crippen LogP contribution in [0.3, 0.4) is 0 Å². The Labute approximate surface area is 45.3 Å². The Kier molecular flexibility index (Phi) is 2.07. The van der Waals surface area contributed by atoms with Gasteiger partial charge in [0, 0.05) is 0 Å². The number of rotatable bonds is 0. The fourth-order valence-corrected chi connectivity index (χ4v) is 0.141. The van der Waals surface area contributed by atoms with Gasteiger partial charge in [-0.3, -0.25) is 4.52 Å². The summed E-state index contributed by atoms with van der Waals surface area (Å²) in [6.45, 7) is 0. The van der Waals surface area contributed by atoms with Crippen LogP contribution in [0.2, 0.25) is 0 Å². The minimum absolute atomic E-state index is 0. The van der Waals surface area contributed by atoms with Crippen LogP contribution in [0, 0.1) is 0 Å². The SMILES string of the molecule is Cl.Nc1nnno1. The third-order valence-electron chi connectivity index (χ3n) is 0.314. The molecule has 0 bridgehead atoms. The van der Waals surface area contributed by atoms with E-state index in [0.29, 0.717) is 0 Å². The maximum Gasteiger partial charge on any atom is 0.339 e. The van der Waals surface area contributed by atoms with Gasteiger partial charge in [0.2, 0.25) is 0 Å². The van der Waals surface area contributed by atoms with Crippen molar-refractivity contribution >= 4 is 18.4 Å². The molecular weight excluding hydrogens is 119 g/mol. The second-order valence-corrected chi connectivity index (χ2v) is 0.701. The van der Waals surface area contributed by atoms with E-state index in [0.717, 1.165) is 0 Å². The van der Waals surface area contributed by atoms with Gasteiger partial charge in [-0.05, 0) is 5.21 Å². The van der Waals surface area contributed by atoms with Gasteiger partial charge < -0.3 is 5.73 Å². The van der Waals surface area contributed by atoms with E-state index in [9.17, 15) is 0 Å². The van der Waals surface area contributed by atoms with E-state index in [1.807, 2.05) is 0 Å². The van der Waals surface area contributed by atoms with Crippen LogP contribution >= 0.6 is 12.4 Å². The Bertz CT molecular complexity index is 115. The third-order valence-corrected chi connectivity index (χ3v) is 0.314. The Morgan fingerprint density at radius 1 is 1.57 bits per heavy atom. The number of aromatic nitrogens is 3. The molecule has 0 aliphatic heterocycles. The van der Waals surface area contributed by atoms with Gasteiger partial charge in [0.15, 0.2) is 0 Å². The summed E-state index contributed by atoms with van der Waals surface area (Å²) in [5, 5.41) is 9.16. The molecule has 1 aromatic rings. The highest BCUT2D eigenvalue weighted by Gasteiger charge is 1.82. The van der Waals surface area contributed by atoms with Crippen molar-refractivity contribution in [3.8, 4) is 0 Å². The number of nitrogen functional groups attached to an aromatic ring is 1. The van der Waals surface area contributed by atoms with Crippen molar-refractivity contribution in [3.63, 3.8) is 0 Å². The van der Waals surface area contributed by atoms with Gasteiger partial charge in [0.1, 0.15) is 0 Å². The van der Waals surface area contributed by atoms with E-state index in [-0.39, 0.29) is 18.4 Å². The summed E-state index contributed by atoms with van der Waals surface area (Å²) >= 11 is 0. The quantitative estimate of drug-likeness (QED) is 0.501. The topological polar surface area (TPSA) is 77.8 Å². The van der Waals surface area contributed by atoms with E-state index in [2.05, 4.69) is 20.1 Å². The third kappa shape index (κ3) is 1.36. The maximum absolute atomic E-state index is 4.88. The minimum Gasteiger partial charge on any atom is -0.350 e. The lowest BCUT2D eigenvalue weighted by atomic mass is 11.2. The Morgan fingerprint density at radius 2 is 2.29 bits per heavy atom. The van der Waals surface area contributed by atoms with Crippen LogP contribution in [0.1, 0.15) is 0 Å². The monoisotopic (exact) mass is 122 g/mol. The Hall–Kier alpha value is -0.840. The number of nitrogens with zero attached hydrogens (tertiary/aromatic N) is 3. The predicted molar refractivity (Wildman–Crippen MR) is 23.8 cm³/mol. The van der Waals surface area contributed by atoms with Crippen LogP contribution in [-0.2, 0) is 0 Å². The molecule has 0 amide bonds. The molecule has 0 radical (unpaired) electrons. The summed E-state index contributed by atoms with van der Waals surface area (Å²) in [4.78, 5) is 0. The van der Waals surface area contributed by atoms with Gasteiger partial charge in [-0.15, -0.1) is 12.4 Å². The summed E-state index contributed by atoms with van der Waals surface area (Å²) in [5.41, 5.74) is 4.88. The zero-order valence-corrected chi connectivity index (χ0v) is 4.05. The number of hydrogen-bond donors (Lipinski definition) is 1. The predicted octanol–water partition coefficient (Wildman–Crippen LogP) is -0.531. The highest BCUT2D eigenvalue weighted by molar-refractivity contribution is 5.85. The van der Waals surface area contributed by atoms with Crippen LogP contribution in [0.25, 0.3) is 0 Å². The highest BCUT2D eigenvalue weighted by atomic mass is 35.5. The van der Waals surface area contributed by atoms with E-state index in [1.54, 1.807) is 0 Å². The normalized spacial score (nSPS) is 7.43. The largest absolute Gasteiger partial charge is 0.350 e. The minimum atomic E-state index is -0.00463. The fraction of sp³-hybridized carbons (Fsp3) is 0. The summed E-state index contributed by atoms with van der Waals surface area (Å²) in [5.74, 6) is 0. The van der Waals surface area contributed by atoms with Gasteiger partial charge in [0.05, 0.1) is 5.27 Å². The second-order valence-electron chi connectivity index (χ2n) is 0.701. The number of hydrogen-bond acceptors (Lipinski definition) is 5. The molecule has 0 saturated carbocycles. The summed E-state index contributed by atoms with van der Waals surface area (Å²) < 4.78 is 4.14. The van der Waals surface area contributed by atoms with Crippen LogP contribution in [0.5, 0.6) is 0 Å². The van der Waals surface area contributed by atoms with E-state index in [1.165, 1.54) is 0 Å². The molecule has 7 heavy (non-hydrogen) atoms. The van der Waals surface area contributed by atoms with Gasteiger partial charge >= 0.3 is 6.01 Å². The molecule has 1 rings (SSSR count). The van der Waals surface area contributed by atoms with Gasteiger partial charge in [-0.1, -0.05) is 5.10 Å². The zero-order valence-electron chi connectivity index (χ0n) is 3.24. The van der Waals surface area contributed by atoms with Crippen LogP contribution in [0.15, 0.2) is 4.52 Å². The molecule has 0 aliphatic rings. The second kappa shape index (κ2) is 2.35. The van der Waals surface area contributed by atoms with Crippen LogP contribution in [0.4, 0.5) is 6.01 Å². The molecule has 5 nitrogen and oxygen atoms in total.